The van der Waals surface area contributed by atoms with Gasteiger partial charge in [0.1, 0.15) is 12.1 Å². The van der Waals surface area contributed by atoms with E-state index in [2.05, 4.69) is 10.6 Å². The molecule has 2 atom stereocenters. The monoisotopic (exact) mass is 241 g/mol. The zero-order valence-corrected chi connectivity index (χ0v) is 10.2. The lowest BCUT2D eigenvalue weighted by molar-refractivity contribution is -0.129. The third-order valence-corrected chi connectivity index (χ3v) is 2.68. The number of rotatable bonds is 5. The smallest absolute Gasteiger partial charge is 0.243 e. The molecule has 1 aliphatic rings. The first-order valence-electron chi connectivity index (χ1n) is 5.79. The van der Waals surface area contributed by atoms with Gasteiger partial charge in [-0.1, -0.05) is 13.8 Å². The summed E-state index contributed by atoms with van der Waals surface area (Å²) in [6.07, 6.45) is 1.32. The predicted molar refractivity (Wildman–Crippen MR) is 61.7 cm³/mol. The van der Waals surface area contributed by atoms with E-state index in [-0.39, 0.29) is 17.7 Å². The summed E-state index contributed by atoms with van der Waals surface area (Å²) in [5.41, 5.74) is 5.22. The molecule has 1 rings (SSSR count). The van der Waals surface area contributed by atoms with Gasteiger partial charge < -0.3 is 16.4 Å². The maximum absolute atomic E-state index is 11.8. The molecule has 4 N–H and O–H groups in total. The Bertz CT molecular complexity index is 328. The minimum Gasteiger partial charge on any atom is -0.368 e. The van der Waals surface area contributed by atoms with Crippen molar-refractivity contribution < 1.29 is 14.4 Å². The number of hydrogen-bond donors (Lipinski definition) is 3. The molecule has 0 radical (unpaired) electrons. The highest BCUT2D eigenvalue weighted by Crippen LogP contribution is 2.09. The van der Waals surface area contributed by atoms with Crippen LogP contribution in [0.3, 0.4) is 0 Å². The van der Waals surface area contributed by atoms with E-state index in [4.69, 9.17) is 5.73 Å². The van der Waals surface area contributed by atoms with Crippen LogP contribution in [0, 0.1) is 5.92 Å². The van der Waals surface area contributed by atoms with Gasteiger partial charge in [-0.05, 0) is 18.8 Å². The fraction of sp³-hybridized carbons (Fsp3) is 0.727. The van der Waals surface area contributed by atoms with Crippen molar-refractivity contribution in [1.29, 1.82) is 0 Å². The zero-order chi connectivity index (χ0) is 13.0. The minimum atomic E-state index is -0.667. The Hall–Kier alpha value is -1.59. The average molecular weight is 241 g/mol. The van der Waals surface area contributed by atoms with E-state index < -0.39 is 18.0 Å². The van der Waals surface area contributed by atoms with Gasteiger partial charge in [-0.25, -0.2) is 0 Å². The van der Waals surface area contributed by atoms with Crippen LogP contribution >= 0.6 is 0 Å². The lowest BCUT2D eigenvalue weighted by Gasteiger charge is -2.19. The highest BCUT2D eigenvalue weighted by atomic mass is 16.2. The highest BCUT2D eigenvalue weighted by molar-refractivity contribution is 5.93. The quantitative estimate of drug-likeness (QED) is 0.592. The zero-order valence-electron chi connectivity index (χ0n) is 10.2. The fourth-order valence-corrected chi connectivity index (χ4v) is 1.80. The molecule has 6 heteroatoms. The van der Waals surface area contributed by atoms with Crippen molar-refractivity contribution in [2.24, 2.45) is 11.7 Å². The lowest BCUT2D eigenvalue weighted by atomic mass is 10.0. The van der Waals surface area contributed by atoms with Gasteiger partial charge in [0.15, 0.2) is 0 Å². The third-order valence-electron chi connectivity index (χ3n) is 2.68. The van der Waals surface area contributed by atoms with Crippen LogP contribution in [0.5, 0.6) is 0 Å². The maximum Gasteiger partial charge on any atom is 0.243 e. The molecule has 0 unspecified atom stereocenters. The minimum absolute atomic E-state index is 0.135. The molecule has 17 heavy (non-hydrogen) atoms. The second kappa shape index (κ2) is 5.65. The molecule has 0 saturated carbocycles. The molecule has 1 fully saturated rings. The highest BCUT2D eigenvalue weighted by Gasteiger charge is 2.29. The molecule has 0 bridgehead atoms. The van der Waals surface area contributed by atoms with Gasteiger partial charge in [-0.3, -0.25) is 14.4 Å². The molecular weight excluding hydrogens is 222 g/mol. The number of carbonyl (C=O) groups excluding carboxylic acids is 3. The van der Waals surface area contributed by atoms with Crippen LogP contribution in [-0.4, -0.2) is 29.8 Å². The van der Waals surface area contributed by atoms with E-state index in [0.29, 0.717) is 19.3 Å². The summed E-state index contributed by atoms with van der Waals surface area (Å²) < 4.78 is 0. The largest absolute Gasteiger partial charge is 0.368 e. The summed E-state index contributed by atoms with van der Waals surface area (Å²) in [7, 11) is 0. The van der Waals surface area contributed by atoms with E-state index in [1.165, 1.54) is 0 Å². The van der Waals surface area contributed by atoms with Crippen molar-refractivity contribution in [3.8, 4) is 0 Å². The van der Waals surface area contributed by atoms with Crippen LogP contribution in [0.4, 0.5) is 0 Å². The topological polar surface area (TPSA) is 101 Å². The second-order valence-corrected chi connectivity index (χ2v) is 4.75. The Labute approximate surface area is 100 Å². The number of primary amides is 1. The number of nitrogens with two attached hydrogens (primary N) is 1. The van der Waals surface area contributed by atoms with Gasteiger partial charge in [-0.15, -0.1) is 0 Å². The molecule has 1 saturated heterocycles. The Morgan fingerprint density at radius 2 is 2.18 bits per heavy atom. The molecule has 0 aromatic rings. The molecule has 1 heterocycles. The van der Waals surface area contributed by atoms with Crippen LogP contribution in [0.1, 0.15) is 33.1 Å². The fourth-order valence-electron chi connectivity index (χ4n) is 1.80. The molecule has 0 aromatic heterocycles. The Morgan fingerprint density at radius 1 is 1.53 bits per heavy atom. The first-order valence-corrected chi connectivity index (χ1v) is 5.79. The van der Waals surface area contributed by atoms with E-state index in [1.54, 1.807) is 0 Å². The van der Waals surface area contributed by atoms with Gasteiger partial charge in [-0.2, -0.15) is 0 Å². The van der Waals surface area contributed by atoms with Crippen LogP contribution in [-0.2, 0) is 14.4 Å². The van der Waals surface area contributed by atoms with Crippen LogP contribution < -0.4 is 16.4 Å². The molecule has 0 aromatic carbocycles. The number of nitrogens with one attached hydrogen (secondary N) is 2. The molecule has 6 nitrogen and oxygen atoms in total. The van der Waals surface area contributed by atoms with Crippen molar-refractivity contribution in [3.63, 3.8) is 0 Å². The van der Waals surface area contributed by atoms with Gasteiger partial charge in [0.25, 0.3) is 0 Å². The SMILES string of the molecule is CC(C)C[C@H](NC(=O)[C@@H]1CCC(=O)N1)C(N)=O. The lowest BCUT2D eigenvalue weighted by Crippen LogP contribution is -2.51. The van der Waals surface area contributed by atoms with Crippen molar-refractivity contribution in [3.05, 3.63) is 0 Å². The summed E-state index contributed by atoms with van der Waals surface area (Å²) in [4.78, 5) is 33.9. The van der Waals surface area contributed by atoms with E-state index in [1.807, 2.05) is 13.8 Å². The van der Waals surface area contributed by atoms with Crippen molar-refractivity contribution in [2.75, 3.05) is 0 Å². The summed E-state index contributed by atoms with van der Waals surface area (Å²) >= 11 is 0. The van der Waals surface area contributed by atoms with Gasteiger partial charge in [0.05, 0.1) is 0 Å². The Morgan fingerprint density at radius 3 is 2.59 bits per heavy atom. The van der Waals surface area contributed by atoms with Crippen LogP contribution in [0.15, 0.2) is 0 Å². The van der Waals surface area contributed by atoms with Gasteiger partial charge >= 0.3 is 0 Å². The van der Waals surface area contributed by atoms with E-state index in [9.17, 15) is 14.4 Å². The Kier molecular flexibility index (Phi) is 4.48. The van der Waals surface area contributed by atoms with Crippen LogP contribution in [0.2, 0.25) is 0 Å². The normalized spacial score (nSPS) is 21.1. The molecule has 96 valence electrons. The molecule has 0 aliphatic carbocycles. The van der Waals surface area contributed by atoms with Gasteiger partial charge in [0, 0.05) is 6.42 Å². The summed E-state index contributed by atoms with van der Waals surface area (Å²) in [5.74, 6) is -0.757. The number of hydrogen-bond acceptors (Lipinski definition) is 3. The number of carbonyl (C=O) groups is 3. The molecule has 3 amide bonds. The molecule has 0 spiro atoms. The van der Waals surface area contributed by atoms with Crippen molar-refractivity contribution in [1.82, 2.24) is 10.6 Å². The summed E-state index contributed by atoms with van der Waals surface area (Å²) in [6.45, 7) is 3.89. The second-order valence-electron chi connectivity index (χ2n) is 4.75. The number of amides is 3. The predicted octanol–water partition coefficient (Wildman–Crippen LogP) is -0.719. The summed E-state index contributed by atoms with van der Waals surface area (Å²) in [6, 6.07) is -1.20. The van der Waals surface area contributed by atoms with Crippen LogP contribution in [0.25, 0.3) is 0 Å². The first kappa shape index (κ1) is 13.5. The standard InChI is InChI=1S/C11H19N3O3/c1-6(2)5-8(10(12)16)14-11(17)7-3-4-9(15)13-7/h6-8H,3-5H2,1-2H3,(H2,12,16)(H,13,15)(H,14,17)/t7-,8-/m0/s1. The van der Waals surface area contributed by atoms with Crippen molar-refractivity contribution >= 4 is 17.7 Å². The molecular formula is C11H19N3O3. The van der Waals surface area contributed by atoms with Crippen molar-refractivity contribution in [2.45, 2.75) is 45.2 Å². The van der Waals surface area contributed by atoms with E-state index >= 15 is 0 Å². The van der Waals surface area contributed by atoms with E-state index in [0.717, 1.165) is 0 Å². The Balaban J connectivity index is 2.52. The summed E-state index contributed by atoms with van der Waals surface area (Å²) in [5, 5.41) is 5.13. The molecule has 1 aliphatic heterocycles. The first-order chi connectivity index (χ1) is 7.90. The average Bonchev–Trinajstić information content (AvgIpc) is 2.63. The maximum atomic E-state index is 11.8. The van der Waals surface area contributed by atoms with Gasteiger partial charge in [0.2, 0.25) is 17.7 Å². The third kappa shape index (κ3) is 4.05.